The van der Waals surface area contributed by atoms with Gasteiger partial charge in [-0.2, -0.15) is 0 Å². The van der Waals surface area contributed by atoms with Crippen LogP contribution in [0.2, 0.25) is 0 Å². The van der Waals surface area contributed by atoms with Crippen LogP contribution in [0.15, 0.2) is 18.2 Å². The van der Waals surface area contributed by atoms with Gasteiger partial charge in [-0.1, -0.05) is 6.42 Å². The molecule has 0 unspecified atom stereocenters. The molecule has 1 aromatic carbocycles. The van der Waals surface area contributed by atoms with Crippen molar-refractivity contribution in [2.45, 2.75) is 31.7 Å². The number of hydrogen-bond acceptors (Lipinski definition) is 5. The molecule has 22 heavy (non-hydrogen) atoms. The normalized spacial score (nSPS) is 18.8. The van der Waals surface area contributed by atoms with Crippen molar-refractivity contribution in [3.63, 3.8) is 0 Å². The third-order valence-electron chi connectivity index (χ3n) is 4.22. The summed E-state index contributed by atoms with van der Waals surface area (Å²) >= 11 is 0. The summed E-state index contributed by atoms with van der Waals surface area (Å²) < 4.78 is 15.8. The van der Waals surface area contributed by atoms with E-state index in [4.69, 9.17) is 14.2 Å². The fourth-order valence-corrected chi connectivity index (χ4v) is 2.84. The Labute approximate surface area is 132 Å². The number of ether oxygens (including phenoxy) is 3. The van der Waals surface area contributed by atoms with Crippen LogP contribution in [0.1, 0.15) is 36.0 Å². The van der Waals surface area contributed by atoms with E-state index >= 15 is 0 Å². The SMILES string of the molecule is COc1ccc(C(=O)OCC[C@H]2CCCCN2C)cc1OC. The number of benzene rings is 1. The van der Waals surface area contributed by atoms with Crippen molar-refractivity contribution in [1.82, 2.24) is 4.90 Å². The zero-order valence-electron chi connectivity index (χ0n) is 13.6. The van der Waals surface area contributed by atoms with E-state index in [1.807, 2.05) is 0 Å². The molecule has 5 heteroatoms. The number of carbonyl (C=O) groups is 1. The molecule has 2 rings (SSSR count). The van der Waals surface area contributed by atoms with Crippen molar-refractivity contribution in [3.8, 4) is 11.5 Å². The molecule has 0 aliphatic carbocycles. The molecule has 0 bridgehead atoms. The molecule has 0 amide bonds. The first-order valence-electron chi connectivity index (χ1n) is 7.75. The Balaban J connectivity index is 1.86. The number of rotatable bonds is 6. The van der Waals surface area contributed by atoms with Crippen molar-refractivity contribution in [2.75, 3.05) is 34.4 Å². The molecule has 0 saturated carbocycles. The molecule has 1 aliphatic heterocycles. The fourth-order valence-electron chi connectivity index (χ4n) is 2.84. The van der Waals surface area contributed by atoms with E-state index in [0.29, 0.717) is 29.7 Å². The largest absolute Gasteiger partial charge is 0.493 e. The standard InChI is InChI=1S/C17H25NO4/c1-18-10-5-4-6-14(18)9-11-22-17(19)13-7-8-15(20-2)16(12-13)21-3/h7-8,12,14H,4-6,9-11H2,1-3H3/t14-/m1/s1. The maximum Gasteiger partial charge on any atom is 0.338 e. The smallest absolute Gasteiger partial charge is 0.338 e. The van der Waals surface area contributed by atoms with Gasteiger partial charge in [0.05, 0.1) is 26.4 Å². The second kappa shape index (κ2) is 8.03. The van der Waals surface area contributed by atoms with Crippen LogP contribution in [-0.2, 0) is 4.74 Å². The molecule has 1 aliphatic rings. The van der Waals surface area contributed by atoms with E-state index < -0.39 is 0 Å². The minimum atomic E-state index is -0.320. The van der Waals surface area contributed by atoms with Crippen LogP contribution >= 0.6 is 0 Å². The van der Waals surface area contributed by atoms with Crippen molar-refractivity contribution < 1.29 is 19.0 Å². The first kappa shape index (κ1) is 16.6. The van der Waals surface area contributed by atoms with E-state index in [9.17, 15) is 4.79 Å². The van der Waals surface area contributed by atoms with Crippen molar-refractivity contribution in [1.29, 1.82) is 0 Å². The molecule has 5 nitrogen and oxygen atoms in total. The van der Waals surface area contributed by atoms with E-state index in [1.54, 1.807) is 32.4 Å². The Kier molecular flexibility index (Phi) is 6.07. The second-order valence-electron chi connectivity index (χ2n) is 5.62. The number of nitrogens with zero attached hydrogens (tertiary/aromatic N) is 1. The topological polar surface area (TPSA) is 48.0 Å². The molecule has 0 radical (unpaired) electrons. The average molecular weight is 307 g/mol. The highest BCUT2D eigenvalue weighted by Gasteiger charge is 2.19. The Bertz CT molecular complexity index is 503. The van der Waals surface area contributed by atoms with Gasteiger partial charge in [0.2, 0.25) is 0 Å². The molecule has 1 heterocycles. The van der Waals surface area contributed by atoms with Crippen LogP contribution in [0.5, 0.6) is 11.5 Å². The van der Waals surface area contributed by atoms with Gasteiger partial charge < -0.3 is 19.1 Å². The van der Waals surface area contributed by atoms with Crippen LogP contribution in [0.4, 0.5) is 0 Å². The zero-order valence-corrected chi connectivity index (χ0v) is 13.6. The highest BCUT2D eigenvalue weighted by atomic mass is 16.5. The van der Waals surface area contributed by atoms with Crippen LogP contribution in [0.3, 0.4) is 0 Å². The number of methoxy groups -OCH3 is 2. The summed E-state index contributed by atoms with van der Waals surface area (Å²) in [6.07, 6.45) is 4.59. The molecule has 1 saturated heterocycles. The van der Waals surface area contributed by atoms with Crippen LogP contribution in [-0.4, -0.2) is 51.3 Å². The molecule has 0 N–H and O–H groups in total. The van der Waals surface area contributed by atoms with E-state index in [1.165, 1.54) is 19.3 Å². The predicted octanol–water partition coefficient (Wildman–Crippen LogP) is 2.74. The Morgan fingerprint density at radius 2 is 2.00 bits per heavy atom. The number of carbonyl (C=O) groups excluding carboxylic acids is 1. The minimum absolute atomic E-state index is 0.320. The molecule has 1 fully saturated rings. The van der Waals surface area contributed by atoms with Gasteiger partial charge in [-0.3, -0.25) is 0 Å². The molecule has 122 valence electrons. The molecule has 0 spiro atoms. The highest BCUT2D eigenvalue weighted by Crippen LogP contribution is 2.27. The summed E-state index contributed by atoms with van der Waals surface area (Å²) in [6.45, 7) is 1.58. The molecule has 0 aromatic heterocycles. The summed E-state index contributed by atoms with van der Waals surface area (Å²) in [5.41, 5.74) is 0.481. The second-order valence-corrected chi connectivity index (χ2v) is 5.62. The maximum absolute atomic E-state index is 12.1. The van der Waals surface area contributed by atoms with Gasteiger partial charge in [-0.15, -0.1) is 0 Å². The van der Waals surface area contributed by atoms with Crippen molar-refractivity contribution in [3.05, 3.63) is 23.8 Å². The Morgan fingerprint density at radius 1 is 1.23 bits per heavy atom. The lowest BCUT2D eigenvalue weighted by atomic mass is 10.0. The summed E-state index contributed by atoms with van der Waals surface area (Å²) in [4.78, 5) is 14.5. The maximum atomic E-state index is 12.1. The first-order chi connectivity index (χ1) is 10.7. The molecular weight excluding hydrogens is 282 g/mol. The molecule has 1 aromatic rings. The number of hydrogen-bond donors (Lipinski definition) is 0. The quantitative estimate of drug-likeness (QED) is 0.756. The summed E-state index contributed by atoms with van der Waals surface area (Å²) in [5, 5.41) is 0. The monoisotopic (exact) mass is 307 g/mol. The average Bonchev–Trinajstić information content (AvgIpc) is 2.55. The van der Waals surface area contributed by atoms with Crippen LogP contribution in [0.25, 0.3) is 0 Å². The zero-order chi connectivity index (χ0) is 15.9. The third kappa shape index (κ3) is 4.13. The number of piperidine rings is 1. The van der Waals surface area contributed by atoms with Gasteiger partial charge in [-0.05, 0) is 51.1 Å². The molecule has 1 atom stereocenters. The lowest BCUT2D eigenvalue weighted by molar-refractivity contribution is 0.0449. The fraction of sp³-hybridized carbons (Fsp3) is 0.588. The van der Waals surface area contributed by atoms with Gasteiger partial charge >= 0.3 is 5.97 Å². The first-order valence-corrected chi connectivity index (χ1v) is 7.75. The lowest BCUT2D eigenvalue weighted by Crippen LogP contribution is -2.37. The van der Waals surface area contributed by atoms with E-state index in [0.717, 1.165) is 13.0 Å². The van der Waals surface area contributed by atoms with Gasteiger partial charge in [0.25, 0.3) is 0 Å². The van der Waals surface area contributed by atoms with Crippen LogP contribution < -0.4 is 9.47 Å². The third-order valence-corrected chi connectivity index (χ3v) is 4.22. The van der Waals surface area contributed by atoms with E-state index in [2.05, 4.69) is 11.9 Å². The number of esters is 1. The van der Waals surface area contributed by atoms with E-state index in [-0.39, 0.29) is 5.97 Å². The van der Waals surface area contributed by atoms with Crippen molar-refractivity contribution >= 4 is 5.97 Å². The number of likely N-dealkylation sites (tertiary alicyclic amines) is 1. The van der Waals surface area contributed by atoms with Gasteiger partial charge in [0, 0.05) is 6.04 Å². The Morgan fingerprint density at radius 3 is 2.68 bits per heavy atom. The summed E-state index contributed by atoms with van der Waals surface area (Å²) in [5.74, 6) is 0.811. The minimum Gasteiger partial charge on any atom is -0.493 e. The van der Waals surface area contributed by atoms with Gasteiger partial charge in [0.15, 0.2) is 11.5 Å². The van der Waals surface area contributed by atoms with Crippen LogP contribution in [0, 0.1) is 0 Å². The summed E-state index contributed by atoms with van der Waals surface area (Å²) in [7, 11) is 5.25. The van der Waals surface area contributed by atoms with Gasteiger partial charge in [-0.25, -0.2) is 4.79 Å². The van der Waals surface area contributed by atoms with Crippen molar-refractivity contribution in [2.24, 2.45) is 0 Å². The molecular formula is C17H25NO4. The highest BCUT2D eigenvalue weighted by molar-refractivity contribution is 5.90. The lowest BCUT2D eigenvalue weighted by Gasteiger charge is -2.32. The summed E-state index contributed by atoms with van der Waals surface area (Å²) in [6, 6.07) is 5.57. The Hall–Kier alpha value is -1.75. The predicted molar refractivity (Wildman–Crippen MR) is 84.7 cm³/mol. The van der Waals surface area contributed by atoms with Gasteiger partial charge in [0.1, 0.15) is 0 Å².